The van der Waals surface area contributed by atoms with Crippen LogP contribution < -0.4 is 4.90 Å². The molecule has 0 atom stereocenters. The number of piperazine rings is 1. The van der Waals surface area contributed by atoms with E-state index < -0.39 is 11.1 Å². The van der Waals surface area contributed by atoms with Crippen LogP contribution in [0.1, 0.15) is 21.5 Å². The normalized spacial score (nSPS) is 17.1. The molecule has 0 unspecified atom stereocenters. The van der Waals surface area contributed by atoms with Crippen LogP contribution in [0.15, 0.2) is 77.7 Å². The van der Waals surface area contributed by atoms with Gasteiger partial charge in [-0.25, -0.2) is 8.78 Å². The van der Waals surface area contributed by atoms with E-state index in [-0.39, 0.29) is 29.0 Å². The number of rotatable bonds is 5. The quantitative estimate of drug-likeness (QED) is 0.436. The van der Waals surface area contributed by atoms with E-state index in [1.807, 2.05) is 0 Å². The maximum atomic E-state index is 13.2. The van der Waals surface area contributed by atoms with Crippen molar-refractivity contribution in [2.24, 2.45) is 0 Å². The van der Waals surface area contributed by atoms with Gasteiger partial charge in [0.2, 0.25) is 0 Å². The highest BCUT2D eigenvalue weighted by molar-refractivity contribution is 8.18. The molecule has 2 aliphatic heterocycles. The molecule has 2 fully saturated rings. The van der Waals surface area contributed by atoms with E-state index in [0.717, 1.165) is 22.3 Å². The molecule has 6 nitrogen and oxygen atoms in total. The van der Waals surface area contributed by atoms with E-state index in [9.17, 15) is 23.2 Å². The minimum atomic E-state index is -0.423. The molecule has 0 aliphatic carbocycles. The van der Waals surface area contributed by atoms with E-state index in [4.69, 9.17) is 0 Å². The molecule has 2 heterocycles. The molecule has 188 valence electrons. The number of benzene rings is 3. The van der Waals surface area contributed by atoms with Crippen LogP contribution >= 0.6 is 11.8 Å². The van der Waals surface area contributed by atoms with Gasteiger partial charge in [-0.15, -0.1) is 0 Å². The number of thioether (sulfide) groups is 1. The van der Waals surface area contributed by atoms with Crippen LogP contribution in [0.2, 0.25) is 0 Å². The second-order valence-corrected chi connectivity index (χ2v) is 9.77. The molecule has 5 rings (SSSR count). The molecule has 3 aromatic rings. The molecule has 0 spiro atoms. The summed E-state index contributed by atoms with van der Waals surface area (Å²) in [7, 11) is 0. The Kier molecular flexibility index (Phi) is 7.05. The van der Waals surface area contributed by atoms with Gasteiger partial charge in [0, 0.05) is 37.4 Å². The highest BCUT2D eigenvalue weighted by Crippen LogP contribution is 2.33. The van der Waals surface area contributed by atoms with Crippen molar-refractivity contribution in [3.63, 3.8) is 0 Å². The molecule has 3 aromatic carbocycles. The van der Waals surface area contributed by atoms with Crippen LogP contribution in [0.3, 0.4) is 0 Å². The Morgan fingerprint density at radius 1 is 0.865 bits per heavy atom. The Hall–Kier alpha value is -3.98. The number of hydrogen-bond donors (Lipinski definition) is 0. The SMILES string of the molecule is O=C(c1cccc(C=C2SC(=O)N(Cc3ccc(F)cc3)C2=O)c1)N1CCN(c2ccc(F)cc2)CC1. The summed E-state index contributed by atoms with van der Waals surface area (Å²) in [5.41, 5.74) is 2.71. The molecule has 37 heavy (non-hydrogen) atoms. The highest BCUT2D eigenvalue weighted by Gasteiger charge is 2.35. The zero-order chi connectivity index (χ0) is 25.9. The predicted octanol–water partition coefficient (Wildman–Crippen LogP) is 5.16. The zero-order valence-corrected chi connectivity index (χ0v) is 20.6. The maximum absolute atomic E-state index is 13.2. The van der Waals surface area contributed by atoms with Gasteiger partial charge in [-0.1, -0.05) is 24.3 Å². The number of amides is 3. The Labute approximate surface area is 217 Å². The first kappa shape index (κ1) is 24.7. The second-order valence-electron chi connectivity index (χ2n) is 8.78. The molecule has 0 saturated carbocycles. The standard InChI is InChI=1S/C28H23F2N3O3S/c29-22-6-4-19(5-7-22)18-33-27(35)25(37-28(33)36)17-20-2-1-3-21(16-20)26(34)32-14-12-31(13-15-32)24-10-8-23(30)9-11-24/h1-11,16-17H,12-15,18H2. The summed E-state index contributed by atoms with van der Waals surface area (Å²) < 4.78 is 26.4. The van der Waals surface area contributed by atoms with Gasteiger partial charge in [0.1, 0.15) is 11.6 Å². The van der Waals surface area contributed by atoms with Crippen molar-refractivity contribution in [3.8, 4) is 0 Å². The molecule has 3 amide bonds. The molecule has 0 bridgehead atoms. The van der Waals surface area contributed by atoms with Crippen molar-refractivity contribution in [3.05, 3.63) is 106 Å². The van der Waals surface area contributed by atoms with Crippen LogP contribution in [0, 0.1) is 11.6 Å². The van der Waals surface area contributed by atoms with E-state index in [0.29, 0.717) is 42.9 Å². The fourth-order valence-corrected chi connectivity index (χ4v) is 5.16. The Bertz CT molecular complexity index is 1370. The number of nitrogens with zero attached hydrogens (tertiary/aromatic N) is 3. The lowest BCUT2D eigenvalue weighted by Gasteiger charge is -2.36. The van der Waals surface area contributed by atoms with Crippen molar-refractivity contribution in [2.75, 3.05) is 31.1 Å². The minimum Gasteiger partial charge on any atom is -0.368 e. The minimum absolute atomic E-state index is 0.0602. The van der Waals surface area contributed by atoms with Crippen LogP contribution in [0.25, 0.3) is 6.08 Å². The smallest absolute Gasteiger partial charge is 0.293 e. The van der Waals surface area contributed by atoms with Crippen LogP contribution in [-0.4, -0.2) is 53.0 Å². The molecule has 2 saturated heterocycles. The number of halogens is 2. The van der Waals surface area contributed by atoms with Crippen molar-refractivity contribution in [1.29, 1.82) is 0 Å². The average Bonchev–Trinajstić information content (AvgIpc) is 3.17. The third-order valence-electron chi connectivity index (χ3n) is 6.32. The molecular weight excluding hydrogens is 496 g/mol. The lowest BCUT2D eigenvalue weighted by atomic mass is 10.1. The molecule has 2 aliphatic rings. The molecule has 9 heteroatoms. The Balaban J connectivity index is 1.24. The average molecular weight is 520 g/mol. The second kappa shape index (κ2) is 10.6. The summed E-state index contributed by atoms with van der Waals surface area (Å²) in [6, 6.07) is 18.9. The van der Waals surface area contributed by atoms with Gasteiger partial charge in [0.05, 0.1) is 11.4 Å². The maximum Gasteiger partial charge on any atom is 0.293 e. The molecular formula is C28H23F2N3O3S. The first-order chi connectivity index (χ1) is 17.9. The number of carbonyl (C=O) groups excluding carboxylic acids is 3. The summed E-state index contributed by atoms with van der Waals surface area (Å²) in [5, 5.41) is -0.396. The van der Waals surface area contributed by atoms with Crippen LogP contribution in [-0.2, 0) is 11.3 Å². The predicted molar refractivity (Wildman–Crippen MR) is 139 cm³/mol. The number of imide groups is 1. The summed E-state index contributed by atoms with van der Waals surface area (Å²) >= 11 is 0.840. The van der Waals surface area contributed by atoms with E-state index >= 15 is 0 Å². The largest absolute Gasteiger partial charge is 0.368 e. The lowest BCUT2D eigenvalue weighted by molar-refractivity contribution is -0.123. The molecule has 0 radical (unpaired) electrons. The van der Waals surface area contributed by atoms with Gasteiger partial charge in [0.25, 0.3) is 17.1 Å². The monoisotopic (exact) mass is 519 g/mol. The van der Waals surface area contributed by atoms with E-state index in [1.165, 1.54) is 36.4 Å². The summed E-state index contributed by atoms with van der Waals surface area (Å²) in [6.45, 7) is 2.40. The van der Waals surface area contributed by atoms with E-state index in [1.54, 1.807) is 47.4 Å². The summed E-state index contributed by atoms with van der Waals surface area (Å²) in [6.07, 6.45) is 1.61. The Morgan fingerprint density at radius 3 is 2.19 bits per heavy atom. The first-order valence-electron chi connectivity index (χ1n) is 11.8. The third kappa shape index (κ3) is 5.56. The van der Waals surface area contributed by atoms with Crippen LogP contribution in [0.5, 0.6) is 0 Å². The van der Waals surface area contributed by atoms with Gasteiger partial charge in [-0.05, 0) is 77.5 Å². The fourth-order valence-electron chi connectivity index (χ4n) is 4.32. The van der Waals surface area contributed by atoms with Gasteiger partial charge < -0.3 is 9.80 Å². The van der Waals surface area contributed by atoms with Crippen molar-refractivity contribution < 1.29 is 23.2 Å². The lowest BCUT2D eigenvalue weighted by Crippen LogP contribution is -2.48. The summed E-state index contributed by atoms with van der Waals surface area (Å²) in [5.74, 6) is -1.21. The van der Waals surface area contributed by atoms with Gasteiger partial charge in [-0.2, -0.15) is 0 Å². The van der Waals surface area contributed by atoms with Crippen molar-refractivity contribution in [2.45, 2.75) is 6.54 Å². The number of carbonyl (C=O) groups is 3. The summed E-state index contributed by atoms with van der Waals surface area (Å²) in [4.78, 5) is 43.7. The highest BCUT2D eigenvalue weighted by atomic mass is 32.2. The van der Waals surface area contributed by atoms with Gasteiger partial charge >= 0.3 is 0 Å². The Morgan fingerprint density at radius 2 is 1.51 bits per heavy atom. The number of hydrogen-bond acceptors (Lipinski definition) is 5. The van der Waals surface area contributed by atoms with Crippen molar-refractivity contribution >= 4 is 40.6 Å². The van der Waals surface area contributed by atoms with Gasteiger partial charge in [-0.3, -0.25) is 19.3 Å². The molecule has 0 aromatic heterocycles. The fraction of sp³-hybridized carbons (Fsp3) is 0.179. The van der Waals surface area contributed by atoms with Crippen LogP contribution in [0.4, 0.5) is 19.3 Å². The van der Waals surface area contributed by atoms with E-state index in [2.05, 4.69) is 4.90 Å². The third-order valence-corrected chi connectivity index (χ3v) is 7.22. The van der Waals surface area contributed by atoms with Crippen molar-refractivity contribution in [1.82, 2.24) is 9.80 Å². The first-order valence-corrected chi connectivity index (χ1v) is 12.6. The van der Waals surface area contributed by atoms with Gasteiger partial charge in [0.15, 0.2) is 0 Å². The number of anilines is 1. The molecule has 0 N–H and O–H groups in total. The topological polar surface area (TPSA) is 60.9 Å². The zero-order valence-electron chi connectivity index (χ0n) is 19.8.